The Hall–Kier alpha value is -2.02. The minimum absolute atomic E-state index is 0.332. The van der Waals surface area contributed by atoms with Crippen LogP contribution in [-0.2, 0) is 9.59 Å². The summed E-state index contributed by atoms with van der Waals surface area (Å²) in [5.74, 6) is -1.50. The molecule has 0 bridgehead atoms. The number of carboxylic acid groups (broad SMARTS) is 2. The van der Waals surface area contributed by atoms with E-state index < -0.39 is 27.4 Å². The maximum Gasteiger partial charge on any atom is 0.307 e. The van der Waals surface area contributed by atoms with Gasteiger partial charge in [-0.15, -0.1) is 0 Å². The Balaban J connectivity index is 2.74. The normalized spacial score (nSPS) is 12.3. The van der Waals surface area contributed by atoms with Gasteiger partial charge in [-0.05, 0) is 31.5 Å². The molecule has 0 fully saturated rings. The van der Waals surface area contributed by atoms with Crippen molar-refractivity contribution >= 4 is 26.6 Å². The highest BCUT2D eigenvalue weighted by Gasteiger charge is 2.21. The molecule has 1 aromatic carbocycles. The highest BCUT2D eigenvalue weighted by atomic mass is 28.2. The summed E-state index contributed by atoms with van der Waals surface area (Å²) in [7, 11) is -0.769. The molecule has 0 amide bonds. The molecule has 0 heterocycles. The Bertz CT molecular complexity index is 531. The van der Waals surface area contributed by atoms with E-state index in [4.69, 9.17) is 19.7 Å². The summed E-state index contributed by atoms with van der Waals surface area (Å²) in [5, 5.41) is 18.9. The zero-order valence-electron chi connectivity index (χ0n) is 13.6. The van der Waals surface area contributed by atoms with Crippen LogP contribution in [0.2, 0.25) is 6.04 Å². The standard InChI is InChI=1S/C16H24O6Si/c1-3-21-12-6-5-7-13(15(12)22-4-2)23-9-8-11(16(19)20)10-14(17)18/h5-7,11H,3-4,8-10,23H2,1-2H3,(H,17,18)(H,19,20). The van der Waals surface area contributed by atoms with Gasteiger partial charge in [0.05, 0.1) is 35.1 Å². The van der Waals surface area contributed by atoms with Crippen molar-refractivity contribution in [1.29, 1.82) is 0 Å². The van der Waals surface area contributed by atoms with Gasteiger partial charge in [0.25, 0.3) is 0 Å². The maximum atomic E-state index is 11.1. The molecule has 1 atom stereocenters. The molecule has 128 valence electrons. The van der Waals surface area contributed by atoms with E-state index >= 15 is 0 Å². The Kier molecular flexibility index (Phi) is 8.18. The van der Waals surface area contributed by atoms with Crippen LogP contribution in [0, 0.1) is 5.92 Å². The van der Waals surface area contributed by atoms with Gasteiger partial charge in [0, 0.05) is 0 Å². The minimum atomic E-state index is -1.08. The topological polar surface area (TPSA) is 93.1 Å². The van der Waals surface area contributed by atoms with Crippen molar-refractivity contribution in [3.8, 4) is 11.5 Å². The fraction of sp³-hybridized carbons (Fsp3) is 0.500. The second-order valence-electron chi connectivity index (χ2n) is 5.14. The molecule has 23 heavy (non-hydrogen) atoms. The molecule has 0 saturated heterocycles. The summed E-state index contributed by atoms with van der Waals surface area (Å²) in [6, 6.07) is 6.45. The van der Waals surface area contributed by atoms with Crippen LogP contribution in [0.4, 0.5) is 0 Å². The van der Waals surface area contributed by atoms with E-state index in [-0.39, 0.29) is 6.42 Å². The number of carbonyl (C=O) groups is 2. The van der Waals surface area contributed by atoms with Crippen LogP contribution in [0.15, 0.2) is 18.2 Å². The van der Waals surface area contributed by atoms with Gasteiger partial charge in [-0.2, -0.15) is 0 Å². The molecule has 1 rings (SSSR count). The van der Waals surface area contributed by atoms with Crippen LogP contribution in [0.1, 0.15) is 26.7 Å². The van der Waals surface area contributed by atoms with Crippen LogP contribution >= 0.6 is 0 Å². The monoisotopic (exact) mass is 340 g/mol. The van der Waals surface area contributed by atoms with Gasteiger partial charge in [-0.25, -0.2) is 0 Å². The van der Waals surface area contributed by atoms with Crippen molar-refractivity contribution in [1.82, 2.24) is 0 Å². The number of benzene rings is 1. The van der Waals surface area contributed by atoms with Crippen LogP contribution in [-0.4, -0.2) is 44.9 Å². The van der Waals surface area contributed by atoms with E-state index in [1.54, 1.807) is 0 Å². The molecule has 1 aromatic rings. The van der Waals surface area contributed by atoms with Gasteiger partial charge >= 0.3 is 11.9 Å². The number of rotatable bonds is 11. The molecule has 1 unspecified atom stereocenters. The quantitative estimate of drug-likeness (QED) is 0.589. The molecule has 0 spiro atoms. The molecule has 0 aliphatic rings. The van der Waals surface area contributed by atoms with E-state index in [9.17, 15) is 9.59 Å². The molecule has 0 aromatic heterocycles. The van der Waals surface area contributed by atoms with E-state index in [0.29, 0.717) is 31.4 Å². The zero-order chi connectivity index (χ0) is 17.2. The van der Waals surface area contributed by atoms with Crippen LogP contribution in [0.25, 0.3) is 0 Å². The summed E-state index contributed by atoms with van der Waals surface area (Å²) in [4.78, 5) is 21.8. The van der Waals surface area contributed by atoms with Crippen molar-refractivity contribution in [3.05, 3.63) is 18.2 Å². The molecule has 6 nitrogen and oxygen atoms in total. The molecule has 0 aliphatic carbocycles. The minimum Gasteiger partial charge on any atom is -0.490 e. The van der Waals surface area contributed by atoms with E-state index in [1.165, 1.54) is 0 Å². The molecule has 0 saturated carbocycles. The lowest BCUT2D eigenvalue weighted by Gasteiger charge is -2.15. The van der Waals surface area contributed by atoms with Crippen molar-refractivity contribution in [2.45, 2.75) is 32.7 Å². The third-order valence-corrected chi connectivity index (χ3v) is 5.28. The number of hydrogen-bond acceptors (Lipinski definition) is 4. The lowest BCUT2D eigenvalue weighted by molar-refractivity contribution is -0.148. The molecular formula is C16H24O6Si. The summed E-state index contributed by atoms with van der Waals surface area (Å²) in [5.41, 5.74) is 0. The van der Waals surface area contributed by atoms with Crippen molar-refractivity contribution in [2.75, 3.05) is 13.2 Å². The first-order valence-corrected chi connectivity index (χ1v) is 9.52. The van der Waals surface area contributed by atoms with Crippen molar-refractivity contribution < 1.29 is 29.3 Å². The zero-order valence-corrected chi connectivity index (χ0v) is 15.0. The molecule has 7 heteroatoms. The third-order valence-electron chi connectivity index (χ3n) is 3.42. The average Bonchev–Trinajstić information content (AvgIpc) is 2.49. The molecule has 0 aliphatic heterocycles. The first kappa shape index (κ1) is 19.0. The first-order chi connectivity index (χ1) is 11.0. The van der Waals surface area contributed by atoms with Gasteiger partial charge in [0.1, 0.15) is 0 Å². The Morgan fingerprint density at radius 2 is 1.87 bits per heavy atom. The number of hydrogen-bond donors (Lipinski definition) is 2. The van der Waals surface area contributed by atoms with Crippen LogP contribution < -0.4 is 14.7 Å². The second kappa shape index (κ2) is 9.89. The van der Waals surface area contributed by atoms with Gasteiger partial charge in [-0.1, -0.05) is 18.2 Å². The van der Waals surface area contributed by atoms with Gasteiger partial charge in [0.2, 0.25) is 0 Å². The largest absolute Gasteiger partial charge is 0.490 e. The van der Waals surface area contributed by atoms with E-state index in [2.05, 4.69) is 0 Å². The van der Waals surface area contributed by atoms with Crippen LogP contribution in [0.5, 0.6) is 11.5 Å². The SMILES string of the molecule is CCOc1cccc([SiH2]CCC(CC(=O)O)C(=O)O)c1OCC. The van der Waals surface area contributed by atoms with Crippen LogP contribution in [0.3, 0.4) is 0 Å². The second-order valence-corrected chi connectivity index (χ2v) is 7.10. The van der Waals surface area contributed by atoms with Gasteiger partial charge < -0.3 is 19.7 Å². The number of para-hydroxylation sites is 1. The highest BCUT2D eigenvalue weighted by molar-refractivity contribution is 6.54. The predicted molar refractivity (Wildman–Crippen MR) is 89.8 cm³/mol. The average molecular weight is 340 g/mol. The lowest BCUT2D eigenvalue weighted by Crippen LogP contribution is -2.22. The summed E-state index contributed by atoms with van der Waals surface area (Å²) in [6.07, 6.45) is 0.0410. The first-order valence-electron chi connectivity index (χ1n) is 7.81. The molecular weight excluding hydrogens is 316 g/mol. The van der Waals surface area contributed by atoms with Gasteiger partial charge in [-0.3, -0.25) is 9.59 Å². The maximum absolute atomic E-state index is 11.1. The third kappa shape index (κ3) is 6.31. The number of ether oxygens (including phenoxy) is 2. The summed E-state index contributed by atoms with van der Waals surface area (Å²) < 4.78 is 11.3. The smallest absolute Gasteiger partial charge is 0.307 e. The van der Waals surface area contributed by atoms with E-state index in [1.807, 2.05) is 32.0 Å². The Morgan fingerprint density at radius 1 is 1.17 bits per heavy atom. The van der Waals surface area contributed by atoms with E-state index in [0.717, 1.165) is 10.9 Å². The molecule has 2 N–H and O–H groups in total. The Labute approximate surface area is 138 Å². The highest BCUT2D eigenvalue weighted by Crippen LogP contribution is 2.25. The predicted octanol–water partition coefficient (Wildman–Crippen LogP) is 1.26. The van der Waals surface area contributed by atoms with Crippen molar-refractivity contribution in [2.24, 2.45) is 5.92 Å². The lowest BCUT2D eigenvalue weighted by atomic mass is 10.0. The van der Waals surface area contributed by atoms with Crippen molar-refractivity contribution in [3.63, 3.8) is 0 Å². The fourth-order valence-electron chi connectivity index (χ4n) is 2.40. The summed E-state index contributed by atoms with van der Waals surface area (Å²) in [6.45, 7) is 4.89. The number of carboxylic acids is 2. The summed E-state index contributed by atoms with van der Waals surface area (Å²) >= 11 is 0. The Morgan fingerprint density at radius 3 is 2.43 bits per heavy atom. The number of aliphatic carboxylic acids is 2. The van der Waals surface area contributed by atoms with Gasteiger partial charge in [0.15, 0.2) is 11.5 Å². The molecule has 0 radical (unpaired) electrons. The fourth-order valence-corrected chi connectivity index (χ4v) is 4.28.